The number of nitrogens with zero attached hydrogens (tertiary/aromatic N) is 1. The summed E-state index contributed by atoms with van der Waals surface area (Å²) in [5.74, 6) is 0. The fraction of sp³-hybridized carbons (Fsp3) is 1.00. The van der Waals surface area contributed by atoms with E-state index in [1.807, 2.05) is 0 Å². The fourth-order valence-electron chi connectivity index (χ4n) is 2.49. The molecule has 0 saturated carbocycles. The second-order valence-corrected chi connectivity index (χ2v) is 6.02. The third-order valence-corrected chi connectivity index (χ3v) is 2.84. The highest BCUT2D eigenvalue weighted by atomic mass is 15.2. The quantitative estimate of drug-likeness (QED) is 0.539. The molecule has 1 atom stereocenters. The molecular formula is C11H23N. The topological polar surface area (TPSA) is 3.24 Å². The van der Waals surface area contributed by atoms with Crippen LogP contribution in [0.25, 0.3) is 0 Å². The molecule has 0 aliphatic carbocycles. The van der Waals surface area contributed by atoms with E-state index in [2.05, 4.69) is 46.4 Å². The maximum atomic E-state index is 2.62. The van der Waals surface area contributed by atoms with E-state index < -0.39 is 0 Å². The summed E-state index contributed by atoms with van der Waals surface area (Å²) in [4.78, 5) is 2.62. The summed E-state index contributed by atoms with van der Waals surface area (Å²) in [5.41, 5.74) is 0.861. The van der Waals surface area contributed by atoms with Gasteiger partial charge in [-0.15, -0.1) is 0 Å². The van der Waals surface area contributed by atoms with Gasteiger partial charge in [0.05, 0.1) is 0 Å². The summed E-state index contributed by atoms with van der Waals surface area (Å²) in [6.45, 7) is 15.3. The van der Waals surface area contributed by atoms with E-state index in [0.29, 0.717) is 11.0 Å². The molecule has 0 radical (unpaired) electrons. The van der Waals surface area contributed by atoms with E-state index in [4.69, 9.17) is 0 Å². The zero-order chi connectivity index (χ0) is 9.57. The van der Waals surface area contributed by atoms with Crippen LogP contribution < -0.4 is 0 Å². The van der Waals surface area contributed by atoms with Gasteiger partial charge in [0.15, 0.2) is 0 Å². The molecule has 1 saturated heterocycles. The smallest absolute Gasteiger partial charge is 0.0128 e. The van der Waals surface area contributed by atoms with Crippen molar-refractivity contribution >= 4 is 0 Å². The summed E-state index contributed by atoms with van der Waals surface area (Å²) in [6.07, 6.45) is 1.34. The second-order valence-electron chi connectivity index (χ2n) is 6.02. The summed E-state index contributed by atoms with van der Waals surface area (Å²) in [7, 11) is 0. The van der Waals surface area contributed by atoms with Gasteiger partial charge in [-0.3, -0.25) is 4.90 Å². The molecule has 0 aromatic heterocycles. The largest absolute Gasteiger partial charge is 0.295 e. The van der Waals surface area contributed by atoms with Crippen molar-refractivity contribution in [3.63, 3.8) is 0 Å². The van der Waals surface area contributed by atoms with Gasteiger partial charge in [0.2, 0.25) is 0 Å². The molecule has 1 aliphatic rings. The Morgan fingerprint density at radius 3 is 1.92 bits per heavy atom. The SMILES string of the molecule is C[C@@H]1CC(C)(C)CN1C(C)(C)C. The Labute approximate surface area is 77.1 Å². The molecule has 0 aromatic rings. The van der Waals surface area contributed by atoms with Crippen LogP contribution in [-0.4, -0.2) is 23.0 Å². The number of hydrogen-bond donors (Lipinski definition) is 0. The number of hydrogen-bond acceptors (Lipinski definition) is 1. The van der Waals surface area contributed by atoms with Gasteiger partial charge in [-0.25, -0.2) is 0 Å². The predicted octanol–water partition coefficient (Wildman–Crippen LogP) is 2.91. The molecule has 1 aliphatic heterocycles. The van der Waals surface area contributed by atoms with Crippen LogP contribution in [-0.2, 0) is 0 Å². The van der Waals surface area contributed by atoms with Gasteiger partial charge in [-0.05, 0) is 39.5 Å². The molecule has 0 aromatic carbocycles. The molecule has 1 heterocycles. The van der Waals surface area contributed by atoms with Crippen molar-refractivity contribution in [3.05, 3.63) is 0 Å². The summed E-state index contributed by atoms with van der Waals surface area (Å²) < 4.78 is 0. The molecule has 0 bridgehead atoms. The standard InChI is InChI=1S/C11H23N/c1-9-7-11(5,6)8-12(9)10(2,3)4/h9H,7-8H2,1-6H3/t9-/m1/s1. The van der Waals surface area contributed by atoms with Gasteiger partial charge >= 0.3 is 0 Å². The van der Waals surface area contributed by atoms with E-state index >= 15 is 0 Å². The zero-order valence-electron chi connectivity index (χ0n) is 9.44. The highest BCUT2D eigenvalue weighted by Crippen LogP contribution is 2.37. The third kappa shape index (κ3) is 2.01. The molecule has 72 valence electrons. The Bertz CT molecular complexity index is 164. The Hall–Kier alpha value is -0.0400. The first-order chi connectivity index (χ1) is 5.22. The molecule has 1 nitrogen and oxygen atoms in total. The Kier molecular flexibility index (Phi) is 2.28. The van der Waals surface area contributed by atoms with Gasteiger partial charge in [0, 0.05) is 18.1 Å². The van der Waals surface area contributed by atoms with Crippen LogP contribution in [0.2, 0.25) is 0 Å². The lowest BCUT2D eigenvalue weighted by atomic mass is 9.91. The Morgan fingerprint density at radius 1 is 1.25 bits per heavy atom. The first kappa shape index (κ1) is 10.0. The van der Waals surface area contributed by atoms with Crippen molar-refractivity contribution in [3.8, 4) is 0 Å². The molecule has 0 unspecified atom stereocenters. The van der Waals surface area contributed by atoms with Gasteiger partial charge in [0.25, 0.3) is 0 Å². The molecule has 1 rings (SSSR count). The average Bonchev–Trinajstić information content (AvgIpc) is 2.03. The van der Waals surface area contributed by atoms with Gasteiger partial charge < -0.3 is 0 Å². The highest BCUT2D eigenvalue weighted by Gasteiger charge is 2.39. The van der Waals surface area contributed by atoms with E-state index in [1.54, 1.807) is 0 Å². The van der Waals surface area contributed by atoms with Crippen molar-refractivity contribution in [2.75, 3.05) is 6.54 Å². The Morgan fingerprint density at radius 2 is 1.75 bits per heavy atom. The Balaban J connectivity index is 2.71. The normalized spacial score (nSPS) is 31.0. The van der Waals surface area contributed by atoms with E-state index in [9.17, 15) is 0 Å². The summed E-state index contributed by atoms with van der Waals surface area (Å²) >= 11 is 0. The lowest BCUT2D eigenvalue weighted by Crippen LogP contribution is -2.43. The number of likely N-dealkylation sites (tertiary alicyclic amines) is 1. The summed E-state index contributed by atoms with van der Waals surface area (Å²) in [5, 5.41) is 0. The monoisotopic (exact) mass is 169 g/mol. The van der Waals surface area contributed by atoms with Gasteiger partial charge in [0.1, 0.15) is 0 Å². The first-order valence-electron chi connectivity index (χ1n) is 4.99. The highest BCUT2D eigenvalue weighted by molar-refractivity contribution is 4.93. The molecule has 0 spiro atoms. The minimum absolute atomic E-state index is 0.340. The van der Waals surface area contributed by atoms with Crippen molar-refractivity contribution in [2.24, 2.45) is 5.41 Å². The second kappa shape index (κ2) is 2.73. The molecular weight excluding hydrogens is 146 g/mol. The van der Waals surface area contributed by atoms with Crippen LogP contribution >= 0.6 is 0 Å². The van der Waals surface area contributed by atoms with Gasteiger partial charge in [-0.2, -0.15) is 0 Å². The molecule has 0 amide bonds. The van der Waals surface area contributed by atoms with E-state index in [1.165, 1.54) is 13.0 Å². The first-order valence-corrected chi connectivity index (χ1v) is 4.99. The lowest BCUT2D eigenvalue weighted by molar-refractivity contribution is 0.121. The van der Waals surface area contributed by atoms with Crippen LogP contribution in [0.5, 0.6) is 0 Å². The van der Waals surface area contributed by atoms with Crippen LogP contribution in [0, 0.1) is 5.41 Å². The number of rotatable bonds is 0. The third-order valence-electron chi connectivity index (χ3n) is 2.84. The van der Waals surface area contributed by atoms with Crippen LogP contribution in [0.4, 0.5) is 0 Å². The molecule has 1 fully saturated rings. The van der Waals surface area contributed by atoms with E-state index in [-0.39, 0.29) is 0 Å². The van der Waals surface area contributed by atoms with Gasteiger partial charge in [-0.1, -0.05) is 13.8 Å². The van der Waals surface area contributed by atoms with Crippen LogP contribution in [0.3, 0.4) is 0 Å². The van der Waals surface area contributed by atoms with Crippen molar-refractivity contribution < 1.29 is 0 Å². The minimum atomic E-state index is 0.340. The lowest BCUT2D eigenvalue weighted by Gasteiger charge is -2.36. The average molecular weight is 169 g/mol. The maximum absolute atomic E-state index is 2.62. The van der Waals surface area contributed by atoms with Crippen LogP contribution in [0.15, 0.2) is 0 Å². The molecule has 1 heteroatoms. The zero-order valence-corrected chi connectivity index (χ0v) is 9.44. The fourth-order valence-corrected chi connectivity index (χ4v) is 2.49. The predicted molar refractivity (Wildman–Crippen MR) is 54.3 cm³/mol. The summed E-state index contributed by atoms with van der Waals surface area (Å²) in [6, 6.07) is 0.750. The van der Waals surface area contributed by atoms with Crippen LogP contribution in [0.1, 0.15) is 48.0 Å². The van der Waals surface area contributed by atoms with Crippen molar-refractivity contribution in [2.45, 2.75) is 59.5 Å². The van der Waals surface area contributed by atoms with Crippen molar-refractivity contribution in [1.29, 1.82) is 0 Å². The molecule has 0 N–H and O–H groups in total. The maximum Gasteiger partial charge on any atom is 0.0128 e. The molecule has 12 heavy (non-hydrogen) atoms. The van der Waals surface area contributed by atoms with Crippen molar-refractivity contribution in [1.82, 2.24) is 4.90 Å². The minimum Gasteiger partial charge on any atom is -0.295 e. The van der Waals surface area contributed by atoms with E-state index in [0.717, 1.165) is 6.04 Å².